The van der Waals surface area contributed by atoms with Gasteiger partial charge in [-0.3, -0.25) is 4.79 Å². The number of carbonyl (C=O) groups excluding carboxylic acids is 1. The summed E-state index contributed by atoms with van der Waals surface area (Å²) in [6.45, 7) is 6.12. The SMILES string of the molecule is CC(=O)CCc1ccccc1-c1ccc(C2CNCCC2OCc2ccc(=O)[nH]c2)c(C)c1. The van der Waals surface area contributed by atoms with E-state index in [1.807, 2.05) is 12.1 Å². The molecular formula is C28H32N2O3. The van der Waals surface area contributed by atoms with Crippen LogP contribution in [0.15, 0.2) is 65.6 Å². The first-order valence-corrected chi connectivity index (χ1v) is 11.7. The van der Waals surface area contributed by atoms with Crippen molar-refractivity contribution in [2.45, 2.75) is 51.7 Å². The molecule has 2 unspecified atom stereocenters. The van der Waals surface area contributed by atoms with Crippen LogP contribution >= 0.6 is 0 Å². The Morgan fingerprint density at radius 3 is 2.73 bits per heavy atom. The summed E-state index contributed by atoms with van der Waals surface area (Å²) in [7, 11) is 0. The molecule has 1 aliphatic rings. The molecule has 2 heterocycles. The maximum absolute atomic E-state index is 11.5. The zero-order valence-corrected chi connectivity index (χ0v) is 19.4. The average Bonchev–Trinajstić information content (AvgIpc) is 2.83. The van der Waals surface area contributed by atoms with Crippen molar-refractivity contribution in [3.8, 4) is 11.1 Å². The zero-order chi connectivity index (χ0) is 23.2. The first-order valence-electron chi connectivity index (χ1n) is 11.7. The molecule has 0 aliphatic carbocycles. The predicted octanol–water partition coefficient (Wildman–Crippen LogP) is 4.53. The molecule has 5 nitrogen and oxygen atoms in total. The van der Waals surface area contributed by atoms with E-state index in [2.05, 4.69) is 53.6 Å². The van der Waals surface area contributed by atoms with Gasteiger partial charge in [0.15, 0.2) is 0 Å². The molecule has 2 aromatic carbocycles. The molecule has 0 saturated carbocycles. The van der Waals surface area contributed by atoms with Crippen molar-refractivity contribution in [2.24, 2.45) is 0 Å². The number of hydrogen-bond donors (Lipinski definition) is 2. The van der Waals surface area contributed by atoms with Gasteiger partial charge in [0, 0.05) is 31.1 Å². The van der Waals surface area contributed by atoms with Crippen molar-refractivity contribution in [3.63, 3.8) is 0 Å². The number of Topliss-reactive ketones (excluding diaryl/α,β-unsaturated/α-hetero) is 1. The number of hydrogen-bond acceptors (Lipinski definition) is 4. The number of aryl methyl sites for hydroxylation is 2. The summed E-state index contributed by atoms with van der Waals surface area (Å²) in [6, 6.07) is 18.4. The molecule has 0 spiro atoms. The van der Waals surface area contributed by atoms with Gasteiger partial charge >= 0.3 is 0 Å². The summed E-state index contributed by atoms with van der Waals surface area (Å²) >= 11 is 0. The molecule has 1 fully saturated rings. The van der Waals surface area contributed by atoms with Crippen LogP contribution in [0.1, 0.15) is 47.9 Å². The minimum Gasteiger partial charge on any atom is -0.373 e. The number of ketones is 1. The van der Waals surface area contributed by atoms with Crippen LogP contribution in [-0.4, -0.2) is 30.0 Å². The maximum atomic E-state index is 11.5. The van der Waals surface area contributed by atoms with Gasteiger partial charge in [0.2, 0.25) is 5.56 Å². The molecule has 2 N–H and O–H groups in total. The van der Waals surface area contributed by atoms with Gasteiger partial charge < -0.3 is 19.8 Å². The molecule has 3 aromatic rings. The number of carbonyl (C=O) groups is 1. The maximum Gasteiger partial charge on any atom is 0.247 e. The number of rotatable bonds is 8. The number of pyridine rings is 1. The van der Waals surface area contributed by atoms with E-state index in [4.69, 9.17) is 4.74 Å². The third-order valence-electron chi connectivity index (χ3n) is 6.48. The second-order valence-electron chi connectivity index (χ2n) is 8.94. The van der Waals surface area contributed by atoms with Crippen molar-refractivity contribution in [1.82, 2.24) is 10.3 Å². The Labute approximate surface area is 195 Å². The first-order chi connectivity index (χ1) is 16.0. The van der Waals surface area contributed by atoms with Crippen molar-refractivity contribution >= 4 is 5.78 Å². The van der Waals surface area contributed by atoms with Crippen LogP contribution in [0.3, 0.4) is 0 Å². The van der Waals surface area contributed by atoms with Gasteiger partial charge in [-0.2, -0.15) is 0 Å². The van der Waals surface area contributed by atoms with E-state index in [-0.39, 0.29) is 23.4 Å². The van der Waals surface area contributed by atoms with Crippen LogP contribution in [-0.2, 0) is 22.6 Å². The zero-order valence-electron chi connectivity index (χ0n) is 19.4. The van der Waals surface area contributed by atoms with Crippen molar-refractivity contribution in [3.05, 3.63) is 93.4 Å². The Balaban J connectivity index is 1.53. The highest BCUT2D eigenvalue weighted by atomic mass is 16.5. The smallest absolute Gasteiger partial charge is 0.247 e. The highest BCUT2D eigenvalue weighted by Crippen LogP contribution is 2.33. The summed E-state index contributed by atoms with van der Waals surface area (Å²) in [4.78, 5) is 25.5. The van der Waals surface area contributed by atoms with Crippen LogP contribution in [0.5, 0.6) is 0 Å². The van der Waals surface area contributed by atoms with Gasteiger partial charge in [-0.25, -0.2) is 0 Å². The van der Waals surface area contributed by atoms with Gasteiger partial charge in [-0.15, -0.1) is 0 Å². The van der Waals surface area contributed by atoms with Gasteiger partial charge in [-0.1, -0.05) is 42.5 Å². The van der Waals surface area contributed by atoms with Gasteiger partial charge in [0.25, 0.3) is 0 Å². The van der Waals surface area contributed by atoms with Crippen molar-refractivity contribution < 1.29 is 9.53 Å². The Hall–Kier alpha value is -3.02. The van der Waals surface area contributed by atoms with E-state index in [1.54, 1.807) is 13.1 Å². The normalized spacial score (nSPS) is 18.2. The van der Waals surface area contributed by atoms with E-state index < -0.39 is 0 Å². The van der Waals surface area contributed by atoms with Crippen LogP contribution in [0.25, 0.3) is 11.1 Å². The summed E-state index contributed by atoms with van der Waals surface area (Å²) in [5, 5.41) is 3.52. The molecule has 0 radical (unpaired) electrons. The lowest BCUT2D eigenvalue weighted by molar-refractivity contribution is -0.116. The lowest BCUT2D eigenvalue weighted by atomic mass is 9.84. The Kier molecular flexibility index (Phi) is 7.53. The second-order valence-corrected chi connectivity index (χ2v) is 8.94. The van der Waals surface area contributed by atoms with Crippen LogP contribution in [0.2, 0.25) is 0 Å². The quantitative estimate of drug-likeness (QED) is 0.535. The van der Waals surface area contributed by atoms with E-state index in [1.165, 1.54) is 33.9 Å². The Morgan fingerprint density at radius 2 is 1.97 bits per heavy atom. The van der Waals surface area contributed by atoms with Crippen LogP contribution in [0.4, 0.5) is 0 Å². The summed E-state index contributed by atoms with van der Waals surface area (Å²) in [5.41, 5.74) is 7.02. The molecule has 5 heteroatoms. The van der Waals surface area contributed by atoms with Crippen molar-refractivity contribution in [1.29, 1.82) is 0 Å². The molecule has 2 atom stereocenters. The molecule has 1 aliphatic heterocycles. The fourth-order valence-electron chi connectivity index (χ4n) is 4.67. The fraction of sp³-hybridized carbons (Fsp3) is 0.357. The molecule has 0 amide bonds. The second kappa shape index (κ2) is 10.7. The molecule has 33 heavy (non-hydrogen) atoms. The molecule has 0 bridgehead atoms. The third-order valence-corrected chi connectivity index (χ3v) is 6.48. The molecule has 1 aromatic heterocycles. The van der Waals surface area contributed by atoms with Gasteiger partial charge in [-0.05, 0) is 72.7 Å². The highest BCUT2D eigenvalue weighted by Gasteiger charge is 2.28. The summed E-state index contributed by atoms with van der Waals surface area (Å²) in [5.74, 6) is 0.484. The van der Waals surface area contributed by atoms with E-state index in [0.717, 1.165) is 31.5 Å². The van der Waals surface area contributed by atoms with E-state index in [9.17, 15) is 9.59 Å². The van der Waals surface area contributed by atoms with Gasteiger partial charge in [0.1, 0.15) is 5.78 Å². The summed E-state index contributed by atoms with van der Waals surface area (Å²) in [6.07, 6.45) is 4.12. The minimum absolute atomic E-state index is 0.0999. The number of nitrogens with one attached hydrogen (secondary N) is 2. The standard InChI is InChI=1S/C28H32N2O3/c1-19-15-23(25-6-4-3-5-22(25)9-7-20(2)31)10-11-24(19)26-17-29-14-13-27(26)33-18-21-8-12-28(32)30-16-21/h3-6,8,10-12,15-16,26-27,29H,7,9,13-14,17-18H2,1-2H3,(H,30,32). The Morgan fingerprint density at radius 1 is 1.12 bits per heavy atom. The number of benzene rings is 2. The molecule has 4 rings (SSSR count). The van der Waals surface area contributed by atoms with E-state index in [0.29, 0.717) is 13.0 Å². The molecule has 1 saturated heterocycles. The summed E-state index contributed by atoms with van der Waals surface area (Å²) < 4.78 is 6.33. The number of ether oxygens (including phenoxy) is 1. The Bertz CT molecular complexity index is 1150. The van der Waals surface area contributed by atoms with E-state index >= 15 is 0 Å². The number of H-pyrrole nitrogens is 1. The molecular weight excluding hydrogens is 412 g/mol. The molecule has 172 valence electrons. The third kappa shape index (κ3) is 5.86. The lowest BCUT2D eigenvalue weighted by Gasteiger charge is -2.33. The fourth-order valence-corrected chi connectivity index (χ4v) is 4.67. The number of aromatic nitrogens is 1. The highest BCUT2D eigenvalue weighted by molar-refractivity contribution is 5.76. The average molecular weight is 445 g/mol. The topological polar surface area (TPSA) is 71.2 Å². The largest absolute Gasteiger partial charge is 0.373 e. The first kappa shape index (κ1) is 23.1. The van der Waals surface area contributed by atoms with Crippen molar-refractivity contribution in [2.75, 3.05) is 13.1 Å². The van der Waals surface area contributed by atoms with Gasteiger partial charge in [0.05, 0.1) is 12.7 Å². The number of aromatic amines is 1. The predicted molar refractivity (Wildman–Crippen MR) is 131 cm³/mol. The lowest BCUT2D eigenvalue weighted by Crippen LogP contribution is -2.40. The van der Waals surface area contributed by atoms with Crippen LogP contribution < -0.4 is 10.9 Å². The monoisotopic (exact) mass is 444 g/mol. The number of piperidine rings is 1. The minimum atomic E-state index is -0.0999. The van der Waals surface area contributed by atoms with Crippen LogP contribution in [0, 0.1) is 6.92 Å².